The van der Waals surface area contributed by atoms with Gasteiger partial charge in [0.2, 0.25) is 5.28 Å². The number of carbonyl (C=O) groups excluding carboxylic acids is 1. The Labute approximate surface area is 165 Å². The van der Waals surface area contributed by atoms with Gasteiger partial charge in [-0.1, -0.05) is 12.1 Å². The van der Waals surface area contributed by atoms with E-state index in [0.717, 1.165) is 18.2 Å². The highest BCUT2D eigenvalue weighted by molar-refractivity contribution is 7.86. The molecule has 0 spiro atoms. The van der Waals surface area contributed by atoms with Gasteiger partial charge in [0, 0.05) is 6.20 Å². The topological polar surface area (TPSA) is 72.0 Å². The highest BCUT2D eigenvalue weighted by Crippen LogP contribution is 2.23. The fourth-order valence-electron chi connectivity index (χ4n) is 2.36. The first-order chi connectivity index (χ1) is 13.4. The normalized spacial score (nSPS) is 11.9. The zero-order valence-electron chi connectivity index (χ0n) is 14.0. The molecule has 144 valence electrons. The number of ketones is 1. The SMILES string of the molecule is O=C(Cc1ccnc(Cl)n1)c1cccc(NS(=O)c2c(F)cccc2F)c1F. The number of hydrogen-bond acceptors (Lipinski definition) is 4. The molecule has 1 atom stereocenters. The molecule has 1 aromatic heterocycles. The Morgan fingerprint density at radius 2 is 1.75 bits per heavy atom. The molecule has 3 rings (SSSR count). The lowest BCUT2D eigenvalue weighted by Crippen LogP contribution is -2.13. The molecule has 0 aliphatic carbocycles. The Hall–Kier alpha value is -2.78. The largest absolute Gasteiger partial charge is 0.298 e. The van der Waals surface area contributed by atoms with Gasteiger partial charge in [0.25, 0.3) is 0 Å². The Morgan fingerprint density at radius 1 is 1.07 bits per heavy atom. The van der Waals surface area contributed by atoms with E-state index in [1.807, 2.05) is 0 Å². The van der Waals surface area contributed by atoms with Crippen LogP contribution < -0.4 is 4.72 Å². The van der Waals surface area contributed by atoms with Gasteiger partial charge in [0.05, 0.1) is 23.4 Å². The van der Waals surface area contributed by atoms with Gasteiger partial charge in [0.15, 0.2) is 22.6 Å². The van der Waals surface area contributed by atoms with E-state index in [9.17, 15) is 22.2 Å². The summed E-state index contributed by atoms with van der Waals surface area (Å²) in [7, 11) is -2.42. The van der Waals surface area contributed by atoms with Crippen molar-refractivity contribution < 1.29 is 22.2 Å². The van der Waals surface area contributed by atoms with E-state index < -0.39 is 39.1 Å². The van der Waals surface area contributed by atoms with Crippen LogP contribution in [-0.4, -0.2) is 20.0 Å². The van der Waals surface area contributed by atoms with Crippen LogP contribution in [0.2, 0.25) is 5.28 Å². The number of hydrogen-bond donors (Lipinski definition) is 1. The highest BCUT2D eigenvalue weighted by Gasteiger charge is 2.20. The number of halogens is 4. The van der Waals surface area contributed by atoms with Gasteiger partial charge in [-0.15, -0.1) is 0 Å². The Kier molecular flexibility index (Phi) is 6.05. The van der Waals surface area contributed by atoms with Crippen molar-refractivity contribution in [2.24, 2.45) is 0 Å². The summed E-state index contributed by atoms with van der Waals surface area (Å²) >= 11 is 5.66. The molecule has 3 aromatic rings. The van der Waals surface area contributed by atoms with Crippen LogP contribution in [0.3, 0.4) is 0 Å². The average Bonchev–Trinajstić information content (AvgIpc) is 2.63. The van der Waals surface area contributed by atoms with E-state index in [4.69, 9.17) is 11.6 Å². The lowest BCUT2D eigenvalue weighted by atomic mass is 10.1. The minimum atomic E-state index is -2.42. The predicted molar refractivity (Wildman–Crippen MR) is 97.9 cm³/mol. The van der Waals surface area contributed by atoms with Gasteiger partial charge >= 0.3 is 0 Å². The van der Waals surface area contributed by atoms with Crippen LogP contribution in [0.25, 0.3) is 0 Å². The molecule has 0 saturated carbocycles. The quantitative estimate of drug-likeness (QED) is 0.476. The number of Topliss-reactive ketones (excluding diaryl/α,β-unsaturated/α-hetero) is 1. The fraction of sp³-hybridized carbons (Fsp3) is 0.0556. The van der Waals surface area contributed by atoms with Crippen molar-refractivity contribution in [2.75, 3.05) is 4.72 Å². The summed E-state index contributed by atoms with van der Waals surface area (Å²) in [5.41, 5.74) is -0.349. The van der Waals surface area contributed by atoms with Crippen LogP contribution in [0.1, 0.15) is 16.1 Å². The number of aromatic nitrogens is 2. The van der Waals surface area contributed by atoms with E-state index in [-0.39, 0.29) is 23.0 Å². The lowest BCUT2D eigenvalue weighted by molar-refractivity contribution is 0.0988. The summed E-state index contributed by atoms with van der Waals surface area (Å²) in [5, 5.41) is -0.0523. The van der Waals surface area contributed by atoms with Crippen molar-refractivity contribution in [2.45, 2.75) is 11.3 Å². The second kappa shape index (κ2) is 8.49. The molecule has 0 aliphatic heterocycles. The van der Waals surface area contributed by atoms with E-state index in [1.165, 1.54) is 30.5 Å². The number of carbonyl (C=O) groups is 1. The molecule has 0 fully saturated rings. The first kappa shape index (κ1) is 20.0. The molecule has 2 aromatic carbocycles. The zero-order valence-corrected chi connectivity index (χ0v) is 15.5. The minimum Gasteiger partial charge on any atom is -0.298 e. The van der Waals surface area contributed by atoms with Crippen LogP contribution in [-0.2, 0) is 17.4 Å². The number of rotatable bonds is 6. The summed E-state index contributed by atoms with van der Waals surface area (Å²) in [6.45, 7) is 0. The van der Waals surface area contributed by atoms with Gasteiger partial charge in [-0.3, -0.25) is 9.52 Å². The zero-order chi connectivity index (χ0) is 20.3. The monoisotopic (exact) mass is 425 g/mol. The van der Waals surface area contributed by atoms with Gasteiger partial charge < -0.3 is 0 Å². The summed E-state index contributed by atoms with van der Waals surface area (Å²) in [6.07, 6.45) is 1.12. The maximum absolute atomic E-state index is 14.7. The van der Waals surface area contributed by atoms with E-state index in [0.29, 0.717) is 5.69 Å². The molecule has 10 heteroatoms. The molecule has 28 heavy (non-hydrogen) atoms. The number of benzene rings is 2. The molecule has 0 aliphatic rings. The van der Waals surface area contributed by atoms with Crippen LogP contribution in [0.5, 0.6) is 0 Å². The maximum Gasteiger partial charge on any atom is 0.222 e. The standard InChI is InChI=1S/C18H11ClF3N3O2S/c19-18-23-8-7-10(24-18)9-15(26)11-3-1-6-14(16(11)22)25-28(27)17-12(20)4-2-5-13(17)21/h1-8,25H,9H2. The summed E-state index contributed by atoms with van der Waals surface area (Å²) in [6, 6.07) is 8.22. The van der Waals surface area contributed by atoms with E-state index in [2.05, 4.69) is 14.7 Å². The smallest absolute Gasteiger partial charge is 0.222 e. The average molecular weight is 426 g/mol. The molecule has 1 heterocycles. The minimum absolute atomic E-state index is 0.0523. The van der Waals surface area contributed by atoms with E-state index >= 15 is 0 Å². The molecule has 0 saturated heterocycles. The van der Waals surface area contributed by atoms with Crippen molar-refractivity contribution >= 4 is 34.1 Å². The first-order valence-corrected chi connectivity index (χ1v) is 9.31. The molecule has 0 bridgehead atoms. The first-order valence-electron chi connectivity index (χ1n) is 7.78. The summed E-state index contributed by atoms with van der Waals surface area (Å²) < 4.78 is 56.7. The molecular formula is C18H11ClF3N3O2S. The second-order valence-corrected chi connectivity index (χ2v) is 6.99. The van der Waals surface area contributed by atoms with Crippen molar-refractivity contribution in [3.8, 4) is 0 Å². The van der Waals surface area contributed by atoms with Gasteiger partial charge in [0.1, 0.15) is 16.5 Å². The maximum atomic E-state index is 14.7. The van der Waals surface area contributed by atoms with Gasteiger partial charge in [-0.25, -0.2) is 27.3 Å². The third kappa shape index (κ3) is 4.37. The number of nitrogens with one attached hydrogen (secondary N) is 1. The Bertz CT molecular complexity index is 1060. The Morgan fingerprint density at radius 3 is 2.43 bits per heavy atom. The molecule has 0 amide bonds. The third-order valence-corrected chi connectivity index (χ3v) is 4.98. The highest BCUT2D eigenvalue weighted by atomic mass is 35.5. The molecular weight excluding hydrogens is 415 g/mol. The van der Waals surface area contributed by atoms with Crippen molar-refractivity contribution in [3.05, 3.63) is 82.7 Å². The molecule has 1 unspecified atom stereocenters. The second-order valence-electron chi connectivity index (χ2n) is 5.51. The number of anilines is 1. The lowest BCUT2D eigenvalue weighted by Gasteiger charge is -2.11. The van der Waals surface area contributed by atoms with Crippen molar-refractivity contribution in [1.29, 1.82) is 0 Å². The third-order valence-electron chi connectivity index (χ3n) is 3.63. The molecule has 0 radical (unpaired) electrons. The van der Waals surface area contributed by atoms with Crippen molar-refractivity contribution in [3.63, 3.8) is 0 Å². The van der Waals surface area contributed by atoms with Gasteiger partial charge in [-0.2, -0.15) is 0 Å². The van der Waals surface area contributed by atoms with Crippen LogP contribution in [0, 0.1) is 17.5 Å². The molecule has 1 N–H and O–H groups in total. The summed E-state index contributed by atoms with van der Waals surface area (Å²) in [5.74, 6) is -3.70. The van der Waals surface area contributed by atoms with Crippen LogP contribution in [0.15, 0.2) is 53.6 Å². The van der Waals surface area contributed by atoms with Gasteiger partial charge in [-0.05, 0) is 41.9 Å². The molecule has 5 nitrogen and oxygen atoms in total. The van der Waals surface area contributed by atoms with E-state index in [1.54, 1.807) is 0 Å². The predicted octanol–water partition coefficient (Wildman–Crippen LogP) is 4.11. The van der Waals surface area contributed by atoms with Crippen molar-refractivity contribution in [1.82, 2.24) is 9.97 Å². The van der Waals surface area contributed by atoms with Crippen LogP contribution in [0.4, 0.5) is 18.9 Å². The Balaban J connectivity index is 1.85. The van der Waals surface area contributed by atoms with Crippen LogP contribution >= 0.6 is 11.6 Å². The number of nitrogens with zero attached hydrogens (tertiary/aromatic N) is 2. The fourth-order valence-corrected chi connectivity index (χ4v) is 3.48. The summed E-state index contributed by atoms with van der Waals surface area (Å²) in [4.78, 5) is 19.2.